The van der Waals surface area contributed by atoms with E-state index in [0.29, 0.717) is 12.0 Å². The minimum atomic E-state index is 0.538. The predicted octanol–water partition coefficient (Wildman–Crippen LogP) is 1.34. The average Bonchev–Trinajstić information content (AvgIpc) is 3.03. The molecule has 0 saturated carbocycles. The van der Waals surface area contributed by atoms with E-state index in [0.717, 1.165) is 45.1 Å². The molecule has 1 aliphatic rings. The van der Waals surface area contributed by atoms with Gasteiger partial charge in [0, 0.05) is 50.7 Å². The number of hydrogen-bond acceptors (Lipinski definition) is 4. The lowest BCUT2D eigenvalue weighted by Crippen LogP contribution is -2.55. The fraction of sp³-hybridized carbons (Fsp3) is 0.706. The standard InChI is InChI=1S/C17H31N5S/c1-14(10-16-6-5-9-23-16)11-19-17(18-2)20-12-15-13-21(3)7-8-22(15)4/h5-6,9,14-15H,7-8,10-13H2,1-4H3,(H2,18,19,20). The first kappa shape index (κ1) is 18.2. The fourth-order valence-corrected chi connectivity index (χ4v) is 3.74. The topological polar surface area (TPSA) is 42.9 Å². The van der Waals surface area contributed by atoms with E-state index >= 15 is 0 Å². The number of rotatable bonds is 6. The highest BCUT2D eigenvalue weighted by Gasteiger charge is 2.22. The molecule has 1 aromatic heterocycles. The van der Waals surface area contributed by atoms with Crippen molar-refractivity contribution in [2.24, 2.45) is 10.9 Å². The van der Waals surface area contributed by atoms with Gasteiger partial charge in [0.15, 0.2) is 5.96 Å². The van der Waals surface area contributed by atoms with Crippen LogP contribution in [0.2, 0.25) is 0 Å². The number of nitrogens with one attached hydrogen (secondary N) is 2. The van der Waals surface area contributed by atoms with E-state index in [1.807, 2.05) is 18.4 Å². The monoisotopic (exact) mass is 337 g/mol. The van der Waals surface area contributed by atoms with Gasteiger partial charge in [0.05, 0.1) is 0 Å². The lowest BCUT2D eigenvalue weighted by molar-refractivity contribution is 0.116. The number of aliphatic imine (C=N–C) groups is 1. The molecule has 2 heterocycles. The molecule has 23 heavy (non-hydrogen) atoms. The Kier molecular flexibility index (Phi) is 7.33. The van der Waals surface area contributed by atoms with Gasteiger partial charge in [-0.3, -0.25) is 9.89 Å². The summed E-state index contributed by atoms with van der Waals surface area (Å²) in [5.74, 6) is 1.50. The van der Waals surface area contributed by atoms with E-state index in [1.165, 1.54) is 4.88 Å². The highest BCUT2D eigenvalue weighted by atomic mass is 32.1. The van der Waals surface area contributed by atoms with E-state index in [1.54, 1.807) is 0 Å². The summed E-state index contributed by atoms with van der Waals surface area (Å²) in [7, 11) is 6.24. The smallest absolute Gasteiger partial charge is 0.191 e. The zero-order valence-corrected chi connectivity index (χ0v) is 15.7. The Morgan fingerprint density at radius 2 is 2.22 bits per heavy atom. The van der Waals surface area contributed by atoms with Crippen molar-refractivity contribution < 1.29 is 0 Å². The molecular weight excluding hydrogens is 306 g/mol. The van der Waals surface area contributed by atoms with Gasteiger partial charge < -0.3 is 15.5 Å². The average molecular weight is 338 g/mol. The largest absolute Gasteiger partial charge is 0.356 e. The van der Waals surface area contributed by atoms with Crippen molar-refractivity contribution in [3.63, 3.8) is 0 Å². The summed E-state index contributed by atoms with van der Waals surface area (Å²) in [6.45, 7) is 7.55. The van der Waals surface area contributed by atoms with E-state index in [-0.39, 0.29) is 0 Å². The molecule has 2 unspecified atom stereocenters. The van der Waals surface area contributed by atoms with Crippen LogP contribution in [0.3, 0.4) is 0 Å². The molecule has 1 fully saturated rings. The second kappa shape index (κ2) is 9.25. The molecule has 1 saturated heterocycles. The molecule has 6 heteroatoms. The number of likely N-dealkylation sites (N-methyl/N-ethyl adjacent to an activating group) is 2. The second-order valence-electron chi connectivity index (χ2n) is 6.62. The molecule has 130 valence electrons. The maximum atomic E-state index is 4.35. The van der Waals surface area contributed by atoms with Crippen molar-refractivity contribution in [3.8, 4) is 0 Å². The van der Waals surface area contributed by atoms with Crippen molar-refractivity contribution in [1.29, 1.82) is 0 Å². The Hall–Kier alpha value is -1.11. The van der Waals surface area contributed by atoms with Gasteiger partial charge in [0.1, 0.15) is 0 Å². The lowest BCUT2D eigenvalue weighted by Gasteiger charge is -2.38. The molecule has 2 N–H and O–H groups in total. The molecule has 0 spiro atoms. The Balaban J connectivity index is 1.70. The molecule has 1 aromatic rings. The Morgan fingerprint density at radius 3 is 2.91 bits per heavy atom. The highest BCUT2D eigenvalue weighted by Crippen LogP contribution is 2.13. The van der Waals surface area contributed by atoms with Crippen molar-refractivity contribution >= 4 is 17.3 Å². The van der Waals surface area contributed by atoms with Crippen LogP contribution in [0.1, 0.15) is 11.8 Å². The highest BCUT2D eigenvalue weighted by molar-refractivity contribution is 7.09. The first-order chi connectivity index (χ1) is 11.1. The van der Waals surface area contributed by atoms with Gasteiger partial charge in [-0.05, 0) is 37.9 Å². The second-order valence-corrected chi connectivity index (χ2v) is 7.65. The minimum absolute atomic E-state index is 0.538. The number of piperazine rings is 1. The van der Waals surface area contributed by atoms with Crippen LogP contribution in [-0.4, -0.2) is 75.7 Å². The molecule has 2 rings (SSSR count). The van der Waals surface area contributed by atoms with Gasteiger partial charge >= 0.3 is 0 Å². The van der Waals surface area contributed by atoms with Crippen LogP contribution in [0.15, 0.2) is 22.5 Å². The van der Waals surface area contributed by atoms with E-state index in [9.17, 15) is 0 Å². The number of guanidine groups is 1. The Bertz CT molecular complexity index is 473. The van der Waals surface area contributed by atoms with Crippen LogP contribution in [-0.2, 0) is 6.42 Å². The zero-order valence-electron chi connectivity index (χ0n) is 14.9. The van der Waals surface area contributed by atoms with Gasteiger partial charge in [-0.1, -0.05) is 13.0 Å². The van der Waals surface area contributed by atoms with Crippen LogP contribution < -0.4 is 10.6 Å². The van der Waals surface area contributed by atoms with Gasteiger partial charge in [-0.2, -0.15) is 0 Å². The molecule has 1 aliphatic heterocycles. The Labute approximate surface area is 144 Å². The van der Waals surface area contributed by atoms with E-state index < -0.39 is 0 Å². The van der Waals surface area contributed by atoms with Crippen LogP contribution in [0.5, 0.6) is 0 Å². The maximum absolute atomic E-state index is 4.35. The quantitative estimate of drug-likeness (QED) is 0.607. The third-order valence-electron chi connectivity index (χ3n) is 4.46. The molecule has 0 amide bonds. The summed E-state index contributed by atoms with van der Waals surface area (Å²) >= 11 is 1.84. The first-order valence-corrected chi connectivity index (χ1v) is 9.32. The summed E-state index contributed by atoms with van der Waals surface area (Å²) in [4.78, 5) is 10.6. The molecule has 0 radical (unpaired) electrons. The zero-order chi connectivity index (χ0) is 16.7. The van der Waals surface area contributed by atoms with Crippen LogP contribution in [0, 0.1) is 5.92 Å². The number of hydrogen-bond donors (Lipinski definition) is 2. The van der Waals surface area contributed by atoms with Gasteiger partial charge in [0.2, 0.25) is 0 Å². The summed E-state index contributed by atoms with van der Waals surface area (Å²) in [6.07, 6.45) is 1.12. The third kappa shape index (κ3) is 6.12. The molecule has 2 atom stereocenters. The summed E-state index contributed by atoms with van der Waals surface area (Å²) in [5.41, 5.74) is 0. The number of nitrogens with zero attached hydrogens (tertiary/aromatic N) is 3. The van der Waals surface area contributed by atoms with Crippen LogP contribution >= 0.6 is 11.3 Å². The summed E-state index contributed by atoms with van der Waals surface area (Å²) in [5, 5.41) is 9.08. The Morgan fingerprint density at radius 1 is 1.39 bits per heavy atom. The molecule has 0 aliphatic carbocycles. The minimum Gasteiger partial charge on any atom is -0.356 e. The van der Waals surface area contributed by atoms with Gasteiger partial charge in [-0.15, -0.1) is 11.3 Å². The van der Waals surface area contributed by atoms with Gasteiger partial charge in [-0.25, -0.2) is 0 Å². The molecule has 5 nitrogen and oxygen atoms in total. The van der Waals surface area contributed by atoms with E-state index in [4.69, 9.17) is 0 Å². The van der Waals surface area contributed by atoms with E-state index in [2.05, 4.69) is 64.0 Å². The van der Waals surface area contributed by atoms with Crippen LogP contribution in [0.4, 0.5) is 0 Å². The maximum Gasteiger partial charge on any atom is 0.191 e. The fourth-order valence-electron chi connectivity index (χ4n) is 2.87. The van der Waals surface area contributed by atoms with Crippen molar-refractivity contribution in [3.05, 3.63) is 22.4 Å². The normalized spacial score (nSPS) is 22.1. The van der Waals surface area contributed by atoms with Crippen molar-refractivity contribution in [2.75, 3.05) is 53.9 Å². The first-order valence-electron chi connectivity index (χ1n) is 8.44. The number of thiophene rings is 1. The molecular formula is C17H31N5S. The molecule has 0 aromatic carbocycles. The predicted molar refractivity (Wildman–Crippen MR) is 100 cm³/mol. The van der Waals surface area contributed by atoms with Crippen molar-refractivity contribution in [1.82, 2.24) is 20.4 Å². The summed E-state index contributed by atoms with van der Waals surface area (Å²) < 4.78 is 0. The molecule has 0 bridgehead atoms. The third-order valence-corrected chi connectivity index (χ3v) is 5.36. The van der Waals surface area contributed by atoms with Crippen LogP contribution in [0.25, 0.3) is 0 Å². The van der Waals surface area contributed by atoms with Gasteiger partial charge in [0.25, 0.3) is 0 Å². The van der Waals surface area contributed by atoms with Crippen molar-refractivity contribution in [2.45, 2.75) is 19.4 Å². The summed E-state index contributed by atoms with van der Waals surface area (Å²) in [6, 6.07) is 4.87. The SMILES string of the molecule is CN=C(NCC(C)Cc1cccs1)NCC1CN(C)CCN1C. The lowest BCUT2D eigenvalue weighted by atomic mass is 10.1.